The van der Waals surface area contributed by atoms with Crippen LogP contribution in [0.15, 0.2) is 36.7 Å². The van der Waals surface area contributed by atoms with Crippen LogP contribution in [-0.2, 0) is 19.5 Å². The van der Waals surface area contributed by atoms with Crippen LogP contribution in [0.2, 0.25) is 0 Å². The van der Waals surface area contributed by atoms with Crippen LogP contribution in [0, 0.1) is 0 Å². The van der Waals surface area contributed by atoms with Crippen molar-refractivity contribution in [3.05, 3.63) is 47.8 Å². The summed E-state index contributed by atoms with van der Waals surface area (Å²) < 4.78 is 2.02. The van der Waals surface area contributed by atoms with Gasteiger partial charge in [0.1, 0.15) is 5.65 Å². The van der Waals surface area contributed by atoms with Gasteiger partial charge in [0.05, 0.1) is 0 Å². The Balaban J connectivity index is 1.49. The van der Waals surface area contributed by atoms with Crippen molar-refractivity contribution in [1.29, 1.82) is 0 Å². The highest BCUT2D eigenvalue weighted by molar-refractivity contribution is 5.76. The van der Waals surface area contributed by atoms with Crippen molar-refractivity contribution < 1.29 is 9.90 Å². The van der Waals surface area contributed by atoms with Gasteiger partial charge in [0.25, 0.3) is 0 Å². The Hall–Kier alpha value is -3.13. The lowest BCUT2D eigenvalue weighted by Crippen LogP contribution is -2.26. The largest absolute Gasteiger partial charge is 0.465 e. The summed E-state index contributed by atoms with van der Waals surface area (Å²) in [7, 11) is 2.14. The molecule has 3 aromatic rings. The molecule has 146 valence electrons. The van der Waals surface area contributed by atoms with Gasteiger partial charge < -0.3 is 25.2 Å². The van der Waals surface area contributed by atoms with Crippen LogP contribution in [-0.4, -0.2) is 50.8 Å². The van der Waals surface area contributed by atoms with Crippen LogP contribution in [0.3, 0.4) is 0 Å². The number of hydrogen-bond acceptors (Lipinski definition) is 5. The predicted octanol–water partition coefficient (Wildman–Crippen LogP) is 2.82. The van der Waals surface area contributed by atoms with E-state index in [1.165, 1.54) is 11.1 Å². The normalized spacial score (nSPS) is 14.0. The molecule has 0 saturated heterocycles. The summed E-state index contributed by atoms with van der Waals surface area (Å²) in [6.45, 7) is 3.15. The molecule has 1 aliphatic rings. The standard InChI is InChI=1S/C20H24N6O2/c1-25-9-5-14-3-4-17(11-16(14)13-25)23-19-22-12-15-6-10-26(18(15)24-19)8-2-7-21-20(27)28/h3-4,6,10-12,21H,2,5,7-9,13H2,1H3,(H,27,28)(H,22,23,24). The minimum absolute atomic E-state index is 0.411. The molecule has 1 aromatic carbocycles. The lowest BCUT2D eigenvalue weighted by Gasteiger charge is -2.25. The fourth-order valence-electron chi connectivity index (χ4n) is 3.56. The zero-order chi connectivity index (χ0) is 19.5. The van der Waals surface area contributed by atoms with Gasteiger partial charge in [0.15, 0.2) is 0 Å². The molecular weight excluding hydrogens is 356 g/mol. The van der Waals surface area contributed by atoms with Gasteiger partial charge in [-0.05, 0) is 49.2 Å². The smallest absolute Gasteiger partial charge is 0.404 e. The maximum absolute atomic E-state index is 10.5. The van der Waals surface area contributed by atoms with Gasteiger partial charge in [-0.15, -0.1) is 0 Å². The number of aromatic nitrogens is 3. The van der Waals surface area contributed by atoms with Crippen molar-refractivity contribution in [2.45, 2.75) is 25.9 Å². The topological polar surface area (TPSA) is 95.3 Å². The lowest BCUT2D eigenvalue weighted by atomic mass is 9.99. The molecule has 0 fully saturated rings. The molecule has 8 nitrogen and oxygen atoms in total. The molecule has 0 bridgehead atoms. The highest BCUT2D eigenvalue weighted by atomic mass is 16.4. The van der Waals surface area contributed by atoms with E-state index in [9.17, 15) is 4.79 Å². The van der Waals surface area contributed by atoms with Gasteiger partial charge in [-0.1, -0.05) is 6.07 Å². The molecule has 3 N–H and O–H groups in total. The fourth-order valence-corrected chi connectivity index (χ4v) is 3.56. The Morgan fingerprint density at radius 3 is 3.04 bits per heavy atom. The van der Waals surface area contributed by atoms with Crippen molar-refractivity contribution in [2.24, 2.45) is 0 Å². The number of nitrogens with one attached hydrogen (secondary N) is 2. The van der Waals surface area contributed by atoms with Crippen molar-refractivity contribution in [2.75, 3.05) is 25.5 Å². The molecule has 4 rings (SSSR count). The van der Waals surface area contributed by atoms with E-state index < -0.39 is 6.09 Å². The summed E-state index contributed by atoms with van der Waals surface area (Å²) in [6.07, 6.45) is 4.55. The highest BCUT2D eigenvalue weighted by Gasteiger charge is 2.14. The molecule has 3 heterocycles. The van der Waals surface area contributed by atoms with Crippen LogP contribution < -0.4 is 10.6 Å². The molecule has 0 atom stereocenters. The van der Waals surface area contributed by atoms with E-state index in [2.05, 4.69) is 50.7 Å². The van der Waals surface area contributed by atoms with Gasteiger partial charge in [-0.3, -0.25) is 0 Å². The maximum atomic E-state index is 10.5. The predicted molar refractivity (Wildman–Crippen MR) is 108 cm³/mol. The monoisotopic (exact) mass is 380 g/mol. The van der Waals surface area contributed by atoms with Crippen molar-refractivity contribution in [1.82, 2.24) is 24.8 Å². The Bertz CT molecular complexity index is 1000. The maximum Gasteiger partial charge on any atom is 0.404 e. The number of aryl methyl sites for hydroxylation is 1. The quantitative estimate of drug-likeness (QED) is 0.569. The fraction of sp³-hybridized carbons (Fsp3) is 0.350. The first kappa shape index (κ1) is 18.2. The summed E-state index contributed by atoms with van der Waals surface area (Å²) in [5, 5.41) is 15.3. The second-order valence-electron chi connectivity index (χ2n) is 7.16. The highest BCUT2D eigenvalue weighted by Crippen LogP contribution is 2.24. The average Bonchev–Trinajstić information content (AvgIpc) is 3.07. The van der Waals surface area contributed by atoms with Crippen LogP contribution in [0.25, 0.3) is 11.0 Å². The molecule has 0 spiro atoms. The molecule has 1 aliphatic heterocycles. The molecule has 28 heavy (non-hydrogen) atoms. The van der Waals surface area contributed by atoms with Crippen LogP contribution in [0.4, 0.5) is 16.4 Å². The Morgan fingerprint density at radius 2 is 2.18 bits per heavy atom. The van der Waals surface area contributed by atoms with Crippen LogP contribution in [0.1, 0.15) is 17.5 Å². The van der Waals surface area contributed by atoms with Gasteiger partial charge >= 0.3 is 6.09 Å². The van der Waals surface area contributed by atoms with Gasteiger partial charge in [-0.25, -0.2) is 9.78 Å². The molecule has 0 saturated carbocycles. The average molecular weight is 380 g/mol. The zero-order valence-electron chi connectivity index (χ0n) is 15.9. The molecule has 0 radical (unpaired) electrons. The summed E-state index contributed by atoms with van der Waals surface area (Å²) in [5.41, 5.74) is 4.57. The van der Waals surface area contributed by atoms with E-state index in [1.807, 2.05) is 23.0 Å². The third-order valence-electron chi connectivity index (χ3n) is 5.02. The first-order valence-corrected chi connectivity index (χ1v) is 9.44. The number of nitrogens with zero attached hydrogens (tertiary/aromatic N) is 4. The summed E-state index contributed by atoms with van der Waals surface area (Å²) in [4.78, 5) is 22.0. The van der Waals surface area contributed by atoms with E-state index in [4.69, 9.17) is 5.11 Å². The number of amides is 1. The summed E-state index contributed by atoms with van der Waals surface area (Å²) in [6, 6.07) is 8.41. The van der Waals surface area contributed by atoms with E-state index in [0.29, 0.717) is 25.5 Å². The molecular formula is C20H24N6O2. The number of rotatable bonds is 6. The number of carboxylic acid groups (broad SMARTS) is 1. The van der Waals surface area contributed by atoms with Gasteiger partial charge in [0, 0.05) is 49.6 Å². The van der Waals surface area contributed by atoms with Crippen molar-refractivity contribution >= 4 is 28.8 Å². The molecule has 0 aliphatic carbocycles. The van der Waals surface area contributed by atoms with Crippen molar-refractivity contribution in [3.63, 3.8) is 0 Å². The minimum Gasteiger partial charge on any atom is -0.465 e. The first-order chi connectivity index (χ1) is 13.6. The Morgan fingerprint density at radius 1 is 1.29 bits per heavy atom. The van der Waals surface area contributed by atoms with E-state index in [1.54, 1.807) is 0 Å². The number of anilines is 2. The lowest BCUT2D eigenvalue weighted by molar-refractivity contribution is 0.194. The van der Waals surface area contributed by atoms with Crippen LogP contribution >= 0.6 is 0 Å². The molecule has 0 unspecified atom stereocenters. The van der Waals surface area contributed by atoms with Gasteiger partial charge in [0.2, 0.25) is 5.95 Å². The molecule has 1 amide bonds. The molecule has 8 heteroatoms. The minimum atomic E-state index is -0.998. The summed E-state index contributed by atoms with van der Waals surface area (Å²) >= 11 is 0. The van der Waals surface area contributed by atoms with E-state index in [0.717, 1.165) is 36.2 Å². The third kappa shape index (κ3) is 4.07. The number of benzene rings is 1. The first-order valence-electron chi connectivity index (χ1n) is 9.44. The van der Waals surface area contributed by atoms with E-state index >= 15 is 0 Å². The summed E-state index contributed by atoms with van der Waals surface area (Å²) in [5.74, 6) is 0.556. The second-order valence-corrected chi connectivity index (χ2v) is 7.16. The number of hydrogen-bond donors (Lipinski definition) is 3. The zero-order valence-corrected chi connectivity index (χ0v) is 15.9. The number of fused-ring (bicyclic) bond motifs is 2. The number of carbonyl (C=O) groups is 1. The second kappa shape index (κ2) is 7.85. The Kier molecular flexibility index (Phi) is 5.12. The third-order valence-corrected chi connectivity index (χ3v) is 5.02. The van der Waals surface area contributed by atoms with Gasteiger partial charge in [-0.2, -0.15) is 4.98 Å². The Labute approximate surface area is 163 Å². The van der Waals surface area contributed by atoms with Crippen LogP contribution in [0.5, 0.6) is 0 Å². The SMILES string of the molecule is CN1CCc2ccc(Nc3ncc4ccn(CCCNC(=O)O)c4n3)cc2C1. The van der Waals surface area contributed by atoms with E-state index in [-0.39, 0.29) is 0 Å². The molecule has 2 aromatic heterocycles. The van der Waals surface area contributed by atoms with Crippen molar-refractivity contribution in [3.8, 4) is 0 Å². The number of likely N-dealkylation sites (N-methyl/N-ethyl adjacent to an activating group) is 1.